The summed E-state index contributed by atoms with van der Waals surface area (Å²) in [4.78, 5) is 11.3. The molecule has 0 saturated carbocycles. The smallest absolute Gasteiger partial charge is 0.291 e. The van der Waals surface area contributed by atoms with Crippen LogP contribution in [0.25, 0.3) is 0 Å². The van der Waals surface area contributed by atoms with Crippen LogP contribution in [0.1, 0.15) is 27.2 Å². The summed E-state index contributed by atoms with van der Waals surface area (Å²) in [5.74, 6) is 0.152. The van der Waals surface area contributed by atoms with Crippen LogP contribution in [-0.4, -0.2) is 30.6 Å². The molecule has 0 saturated heterocycles. The third-order valence-corrected chi connectivity index (χ3v) is 5.27. The van der Waals surface area contributed by atoms with Gasteiger partial charge >= 0.3 is 0 Å². The Morgan fingerprint density at radius 1 is 1.29 bits per heavy atom. The highest BCUT2D eigenvalue weighted by molar-refractivity contribution is 7.94. The van der Waals surface area contributed by atoms with Crippen molar-refractivity contribution < 1.29 is 17.9 Å². The monoisotopic (exact) mass is 370 g/mol. The molecule has 0 fully saturated rings. The zero-order valence-electron chi connectivity index (χ0n) is 13.4. The molecule has 0 aliphatic heterocycles. The number of rotatable bonds is 7. The van der Waals surface area contributed by atoms with Gasteiger partial charge in [-0.2, -0.15) is 8.42 Å². The molecule has 0 atom stereocenters. The molecule has 0 radical (unpaired) electrons. The first-order chi connectivity index (χ1) is 11.3. The van der Waals surface area contributed by atoms with Crippen molar-refractivity contribution in [1.82, 2.24) is 10.2 Å². The molecule has 0 aliphatic carbocycles. The second-order valence-corrected chi connectivity index (χ2v) is 7.88. The van der Waals surface area contributed by atoms with Crippen molar-refractivity contribution in [3.8, 4) is 5.75 Å². The van der Waals surface area contributed by atoms with Gasteiger partial charge in [0, 0.05) is 6.42 Å². The fourth-order valence-corrected chi connectivity index (χ4v) is 3.66. The van der Waals surface area contributed by atoms with Crippen molar-refractivity contribution in [2.24, 2.45) is 0 Å². The number of nitrogens with zero attached hydrogens (tertiary/aromatic N) is 2. The maximum absolute atomic E-state index is 12.4. The Morgan fingerprint density at radius 3 is 2.67 bits per heavy atom. The molecule has 130 valence electrons. The molecule has 0 bridgehead atoms. The Hall–Kier alpha value is -2.20. The molecule has 1 amide bonds. The van der Waals surface area contributed by atoms with Crippen molar-refractivity contribution in [2.45, 2.75) is 37.6 Å². The first-order valence-corrected chi connectivity index (χ1v) is 9.53. The maximum Gasteiger partial charge on any atom is 0.291 e. The van der Waals surface area contributed by atoms with Crippen LogP contribution >= 0.6 is 11.3 Å². The van der Waals surface area contributed by atoms with Crippen molar-refractivity contribution >= 4 is 38.1 Å². The minimum atomic E-state index is -3.93. The van der Waals surface area contributed by atoms with Gasteiger partial charge in [0.15, 0.2) is 0 Å². The zero-order chi connectivity index (χ0) is 17.7. The zero-order valence-corrected chi connectivity index (χ0v) is 15.1. The number of benzene rings is 1. The van der Waals surface area contributed by atoms with Crippen LogP contribution in [-0.2, 0) is 14.8 Å². The van der Waals surface area contributed by atoms with Crippen molar-refractivity contribution in [3.05, 3.63) is 24.3 Å². The van der Waals surface area contributed by atoms with E-state index in [1.54, 1.807) is 31.2 Å². The van der Waals surface area contributed by atoms with E-state index < -0.39 is 10.0 Å². The number of aromatic nitrogens is 2. The Balaban J connectivity index is 2.22. The molecule has 0 unspecified atom stereocenters. The number of anilines is 2. The number of carbonyl (C=O) groups excluding carboxylic acids is 1. The summed E-state index contributed by atoms with van der Waals surface area (Å²) in [5, 5.41) is 9.90. The van der Waals surface area contributed by atoms with Crippen molar-refractivity contribution in [1.29, 1.82) is 0 Å². The third kappa shape index (κ3) is 4.65. The van der Waals surface area contributed by atoms with Crippen molar-refractivity contribution in [3.63, 3.8) is 0 Å². The summed E-state index contributed by atoms with van der Waals surface area (Å²) in [6, 6.07) is 6.71. The van der Waals surface area contributed by atoms with Gasteiger partial charge < -0.3 is 10.1 Å². The predicted octanol–water partition coefficient (Wildman–Crippen LogP) is 2.47. The average Bonchev–Trinajstić information content (AvgIpc) is 2.98. The number of para-hydroxylation sites is 2. The SMILES string of the molecule is CCC(=O)Nc1nnc(S(=O)(=O)Nc2ccccc2OC(C)C)s1. The van der Waals surface area contributed by atoms with E-state index in [0.29, 0.717) is 11.4 Å². The molecule has 2 aromatic rings. The summed E-state index contributed by atoms with van der Waals surface area (Å²) in [5.41, 5.74) is 0.306. The van der Waals surface area contributed by atoms with Gasteiger partial charge in [-0.3, -0.25) is 9.52 Å². The van der Waals surface area contributed by atoms with E-state index in [0.717, 1.165) is 11.3 Å². The minimum absolute atomic E-state index is 0.104. The minimum Gasteiger partial charge on any atom is -0.489 e. The molecule has 24 heavy (non-hydrogen) atoms. The molecule has 1 heterocycles. The van der Waals surface area contributed by atoms with Gasteiger partial charge in [-0.15, -0.1) is 10.2 Å². The molecule has 8 nitrogen and oxygen atoms in total. The van der Waals surface area contributed by atoms with E-state index in [1.807, 2.05) is 13.8 Å². The topological polar surface area (TPSA) is 110 Å². The largest absolute Gasteiger partial charge is 0.489 e. The van der Waals surface area contributed by atoms with Crippen LogP contribution in [0.15, 0.2) is 28.6 Å². The normalized spacial score (nSPS) is 11.3. The van der Waals surface area contributed by atoms with E-state index in [9.17, 15) is 13.2 Å². The van der Waals surface area contributed by atoms with E-state index >= 15 is 0 Å². The van der Waals surface area contributed by atoms with Gasteiger partial charge in [0.1, 0.15) is 5.75 Å². The summed E-state index contributed by atoms with van der Waals surface area (Å²) in [7, 11) is -3.93. The molecule has 0 aliphatic rings. The van der Waals surface area contributed by atoms with Gasteiger partial charge in [-0.25, -0.2) is 0 Å². The number of sulfonamides is 1. The van der Waals surface area contributed by atoms with E-state index in [-0.39, 0.29) is 27.9 Å². The molecular weight excluding hydrogens is 352 g/mol. The van der Waals surface area contributed by atoms with Gasteiger partial charge in [0.25, 0.3) is 14.4 Å². The second-order valence-electron chi connectivity index (χ2n) is 5.04. The Kier molecular flexibility index (Phi) is 5.73. The number of amides is 1. The number of hydrogen-bond acceptors (Lipinski definition) is 7. The number of carbonyl (C=O) groups is 1. The second kappa shape index (κ2) is 7.58. The molecular formula is C14H18N4O4S2. The molecule has 0 spiro atoms. The molecule has 1 aromatic heterocycles. The highest BCUT2D eigenvalue weighted by Gasteiger charge is 2.22. The van der Waals surface area contributed by atoms with Crippen LogP contribution in [0, 0.1) is 0 Å². The van der Waals surface area contributed by atoms with Gasteiger partial charge in [-0.1, -0.05) is 30.4 Å². The Labute approximate surface area is 144 Å². The average molecular weight is 370 g/mol. The number of ether oxygens (including phenoxy) is 1. The van der Waals surface area contributed by atoms with E-state index in [1.165, 1.54) is 0 Å². The van der Waals surface area contributed by atoms with Crippen LogP contribution in [0.4, 0.5) is 10.8 Å². The van der Waals surface area contributed by atoms with Gasteiger partial charge in [-0.05, 0) is 26.0 Å². The van der Waals surface area contributed by atoms with Crippen molar-refractivity contribution in [2.75, 3.05) is 10.0 Å². The van der Waals surface area contributed by atoms with Crippen LogP contribution in [0.3, 0.4) is 0 Å². The number of nitrogens with one attached hydrogen (secondary N) is 2. The predicted molar refractivity (Wildman–Crippen MR) is 91.8 cm³/mol. The highest BCUT2D eigenvalue weighted by Crippen LogP contribution is 2.29. The highest BCUT2D eigenvalue weighted by atomic mass is 32.2. The maximum atomic E-state index is 12.4. The van der Waals surface area contributed by atoms with Crippen LogP contribution in [0.5, 0.6) is 5.75 Å². The van der Waals surface area contributed by atoms with E-state index in [2.05, 4.69) is 20.2 Å². The molecule has 10 heteroatoms. The summed E-state index contributed by atoms with van der Waals surface area (Å²) in [6.45, 7) is 5.37. The van der Waals surface area contributed by atoms with Crippen LogP contribution in [0.2, 0.25) is 0 Å². The summed E-state index contributed by atoms with van der Waals surface area (Å²) >= 11 is 0.777. The summed E-state index contributed by atoms with van der Waals surface area (Å²) < 4.78 is 32.6. The van der Waals surface area contributed by atoms with Gasteiger partial charge in [0.2, 0.25) is 11.0 Å². The first-order valence-electron chi connectivity index (χ1n) is 7.23. The third-order valence-electron chi connectivity index (χ3n) is 2.70. The Bertz CT molecular complexity index is 818. The van der Waals surface area contributed by atoms with E-state index in [4.69, 9.17) is 4.74 Å². The lowest BCUT2D eigenvalue weighted by atomic mass is 10.3. The fourth-order valence-electron chi connectivity index (χ4n) is 1.67. The lowest BCUT2D eigenvalue weighted by molar-refractivity contribution is -0.115. The molecule has 2 N–H and O–H groups in total. The molecule has 2 rings (SSSR count). The lowest BCUT2D eigenvalue weighted by Gasteiger charge is -2.14. The lowest BCUT2D eigenvalue weighted by Crippen LogP contribution is -2.15. The summed E-state index contributed by atoms with van der Waals surface area (Å²) in [6.07, 6.45) is 0.160. The Morgan fingerprint density at radius 2 is 2.00 bits per heavy atom. The standard InChI is InChI=1S/C14H18N4O4S2/c1-4-12(19)15-13-16-17-14(23-13)24(20,21)18-10-7-5-6-8-11(10)22-9(2)3/h5-9,18H,4H2,1-3H3,(H,15,16,19). The quantitative estimate of drug-likeness (QED) is 0.725. The first kappa shape index (κ1) is 18.1. The fraction of sp³-hybridized carbons (Fsp3) is 0.357. The van der Waals surface area contributed by atoms with Crippen LogP contribution < -0.4 is 14.8 Å². The van der Waals surface area contributed by atoms with Gasteiger partial charge in [0.05, 0.1) is 11.8 Å². The number of hydrogen-bond donors (Lipinski definition) is 2. The molecule has 1 aromatic carbocycles.